The van der Waals surface area contributed by atoms with Gasteiger partial charge in [0, 0.05) is 19.2 Å². The monoisotopic (exact) mass is 275 g/mol. The molecule has 0 aliphatic heterocycles. The molecule has 0 amide bonds. The molecule has 0 unspecified atom stereocenters. The van der Waals surface area contributed by atoms with Gasteiger partial charge in [0.05, 0.1) is 6.61 Å². The molecule has 1 aromatic carbocycles. The lowest BCUT2D eigenvalue weighted by atomic mass is 10.3. The normalized spacial score (nSPS) is 10.3. The van der Waals surface area contributed by atoms with Crippen molar-refractivity contribution in [2.45, 2.75) is 13.5 Å². The van der Waals surface area contributed by atoms with Crippen LogP contribution in [0, 0.1) is 0 Å². The highest BCUT2D eigenvalue weighted by atomic mass is 16.5. The predicted octanol–water partition coefficient (Wildman–Crippen LogP) is 2.40. The molecule has 6 nitrogen and oxygen atoms in total. The van der Waals surface area contributed by atoms with E-state index in [-0.39, 0.29) is 6.61 Å². The number of hydrogen-bond acceptors (Lipinski definition) is 6. The first-order valence-corrected chi connectivity index (χ1v) is 6.24. The van der Waals surface area contributed by atoms with Crippen molar-refractivity contribution in [2.75, 3.05) is 19.5 Å². The molecule has 2 aromatic rings. The van der Waals surface area contributed by atoms with Gasteiger partial charge in [-0.15, -0.1) is 0 Å². The minimum atomic E-state index is 0.278. The van der Waals surface area contributed by atoms with Crippen molar-refractivity contribution in [2.24, 2.45) is 0 Å². The second-order valence-electron chi connectivity index (χ2n) is 3.99. The Kier molecular flexibility index (Phi) is 4.73. The zero-order valence-electron chi connectivity index (χ0n) is 11.5. The van der Waals surface area contributed by atoms with Crippen molar-refractivity contribution in [1.29, 1.82) is 0 Å². The number of anilines is 1. The fraction of sp³-hybridized carbons (Fsp3) is 0.286. The van der Waals surface area contributed by atoms with Gasteiger partial charge in [0.15, 0.2) is 5.82 Å². The van der Waals surface area contributed by atoms with Crippen LogP contribution < -0.4 is 15.2 Å². The van der Waals surface area contributed by atoms with Gasteiger partial charge in [0.25, 0.3) is 0 Å². The molecule has 0 aliphatic carbocycles. The number of nitrogens with zero attached hydrogens (tertiary/aromatic N) is 2. The predicted molar refractivity (Wildman–Crippen MR) is 74.8 cm³/mol. The van der Waals surface area contributed by atoms with Crippen LogP contribution in [0.25, 0.3) is 0 Å². The minimum absolute atomic E-state index is 0.278. The van der Waals surface area contributed by atoms with Gasteiger partial charge >= 0.3 is 0 Å². The second-order valence-corrected chi connectivity index (χ2v) is 3.99. The third kappa shape index (κ3) is 3.83. The van der Waals surface area contributed by atoms with E-state index in [4.69, 9.17) is 19.9 Å². The van der Waals surface area contributed by atoms with Crippen LogP contribution in [0.5, 0.6) is 17.4 Å². The summed E-state index contributed by atoms with van der Waals surface area (Å²) in [5, 5.41) is 0. The fourth-order valence-corrected chi connectivity index (χ4v) is 1.65. The van der Waals surface area contributed by atoms with E-state index < -0.39 is 0 Å². The summed E-state index contributed by atoms with van der Waals surface area (Å²) in [5.74, 6) is 2.55. The van der Waals surface area contributed by atoms with Crippen LogP contribution in [0.15, 0.2) is 30.3 Å². The first-order valence-electron chi connectivity index (χ1n) is 6.24. The highest BCUT2D eigenvalue weighted by molar-refractivity contribution is 5.38. The molecule has 6 heteroatoms. The van der Waals surface area contributed by atoms with Crippen molar-refractivity contribution in [3.63, 3.8) is 0 Å². The standard InChI is InChI=1S/C14H17N3O3/c1-3-19-10-5-4-6-11(7-10)20-14-8-12(15)16-13(17-14)9-18-2/h4-8H,3,9H2,1-2H3,(H2,15,16,17). The molecule has 0 fully saturated rings. The van der Waals surface area contributed by atoms with E-state index in [9.17, 15) is 0 Å². The van der Waals surface area contributed by atoms with Crippen molar-refractivity contribution in [3.8, 4) is 17.4 Å². The van der Waals surface area contributed by atoms with Gasteiger partial charge in [-0.2, -0.15) is 4.98 Å². The molecule has 0 radical (unpaired) electrons. The average Bonchev–Trinajstić information content (AvgIpc) is 2.39. The molecule has 1 heterocycles. The SMILES string of the molecule is CCOc1cccc(Oc2cc(N)nc(COC)n2)c1. The Morgan fingerprint density at radius 1 is 1.15 bits per heavy atom. The smallest absolute Gasteiger partial charge is 0.224 e. The van der Waals surface area contributed by atoms with E-state index in [2.05, 4.69) is 9.97 Å². The van der Waals surface area contributed by atoms with Crippen LogP contribution in [0.1, 0.15) is 12.7 Å². The zero-order chi connectivity index (χ0) is 14.4. The van der Waals surface area contributed by atoms with Crippen molar-refractivity contribution >= 4 is 5.82 Å². The Hall–Kier alpha value is -2.34. The summed E-state index contributed by atoms with van der Waals surface area (Å²) in [6, 6.07) is 8.88. The number of rotatable bonds is 6. The van der Waals surface area contributed by atoms with Crippen LogP contribution in [0.3, 0.4) is 0 Å². The van der Waals surface area contributed by atoms with Crippen molar-refractivity contribution < 1.29 is 14.2 Å². The van der Waals surface area contributed by atoms with Crippen molar-refractivity contribution in [1.82, 2.24) is 9.97 Å². The fourth-order valence-electron chi connectivity index (χ4n) is 1.65. The molecule has 0 aliphatic rings. The highest BCUT2D eigenvalue weighted by Gasteiger charge is 2.05. The van der Waals surface area contributed by atoms with Gasteiger partial charge < -0.3 is 19.9 Å². The summed E-state index contributed by atoms with van der Waals surface area (Å²) in [7, 11) is 1.57. The summed E-state index contributed by atoms with van der Waals surface area (Å²) >= 11 is 0. The summed E-state index contributed by atoms with van der Waals surface area (Å²) in [6.45, 7) is 2.80. The number of nitrogens with two attached hydrogens (primary N) is 1. The molecule has 0 saturated carbocycles. The largest absolute Gasteiger partial charge is 0.494 e. The number of ether oxygens (including phenoxy) is 3. The Bertz CT molecular complexity index is 575. The topological polar surface area (TPSA) is 79.5 Å². The van der Waals surface area contributed by atoms with Gasteiger partial charge in [-0.05, 0) is 19.1 Å². The van der Waals surface area contributed by atoms with Gasteiger partial charge in [-0.1, -0.05) is 6.07 Å². The Labute approximate surface area is 117 Å². The number of nitrogen functional groups attached to an aromatic ring is 1. The first-order chi connectivity index (χ1) is 9.71. The Morgan fingerprint density at radius 2 is 1.95 bits per heavy atom. The van der Waals surface area contributed by atoms with E-state index in [0.717, 1.165) is 5.75 Å². The van der Waals surface area contributed by atoms with E-state index in [0.29, 0.717) is 29.9 Å². The molecular weight excluding hydrogens is 258 g/mol. The highest BCUT2D eigenvalue weighted by Crippen LogP contribution is 2.24. The molecule has 0 atom stereocenters. The molecule has 2 N–H and O–H groups in total. The number of methoxy groups -OCH3 is 1. The van der Waals surface area contributed by atoms with Crippen LogP contribution in [-0.2, 0) is 11.3 Å². The molecule has 20 heavy (non-hydrogen) atoms. The lowest BCUT2D eigenvalue weighted by Crippen LogP contribution is -2.02. The van der Waals surface area contributed by atoms with Gasteiger partial charge in [-0.3, -0.25) is 0 Å². The molecule has 0 spiro atoms. The summed E-state index contributed by atoms with van der Waals surface area (Å²) in [5.41, 5.74) is 5.71. The number of aromatic nitrogens is 2. The third-order valence-electron chi connectivity index (χ3n) is 2.38. The van der Waals surface area contributed by atoms with Gasteiger partial charge in [0.2, 0.25) is 5.88 Å². The first kappa shape index (κ1) is 14.1. The Balaban J connectivity index is 2.18. The lowest BCUT2D eigenvalue weighted by Gasteiger charge is -2.09. The van der Waals surface area contributed by atoms with Crippen LogP contribution in [0.4, 0.5) is 5.82 Å². The van der Waals surface area contributed by atoms with Gasteiger partial charge in [0.1, 0.15) is 23.9 Å². The third-order valence-corrected chi connectivity index (χ3v) is 2.38. The van der Waals surface area contributed by atoms with E-state index in [1.54, 1.807) is 19.2 Å². The van der Waals surface area contributed by atoms with E-state index in [1.807, 2.05) is 25.1 Å². The molecule has 0 bridgehead atoms. The zero-order valence-corrected chi connectivity index (χ0v) is 11.5. The quantitative estimate of drug-likeness (QED) is 0.872. The number of benzene rings is 1. The molecule has 0 saturated heterocycles. The molecular formula is C14H17N3O3. The average molecular weight is 275 g/mol. The maximum Gasteiger partial charge on any atom is 0.224 e. The van der Waals surface area contributed by atoms with Crippen molar-refractivity contribution in [3.05, 3.63) is 36.2 Å². The maximum atomic E-state index is 5.71. The summed E-state index contributed by atoms with van der Waals surface area (Å²) < 4.78 is 16.1. The molecule has 2 rings (SSSR count). The second kappa shape index (κ2) is 6.72. The summed E-state index contributed by atoms with van der Waals surface area (Å²) in [6.07, 6.45) is 0. The lowest BCUT2D eigenvalue weighted by molar-refractivity contribution is 0.177. The molecule has 106 valence electrons. The van der Waals surface area contributed by atoms with E-state index in [1.165, 1.54) is 0 Å². The molecule has 1 aromatic heterocycles. The summed E-state index contributed by atoms with van der Waals surface area (Å²) in [4.78, 5) is 8.26. The maximum absolute atomic E-state index is 5.71. The van der Waals surface area contributed by atoms with Gasteiger partial charge in [-0.25, -0.2) is 4.98 Å². The van der Waals surface area contributed by atoms with E-state index >= 15 is 0 Å². The minimum Gasteiger partial charge on any atom is -0.494 e. The van der Waals surface area contributed by atoms with Crippen LogP contribution in [-0.4, -0.2) is 23.7 Å². The van der Waals surface area contributed by atoms with Crippen LogP contribution >= 0.6 is 0 Å². The Morgan fingerprint density at radius 3 is 2.70 bits per heavy atom. The van der Waals surface area contributed by atoms with Crippen LogP contribution in [0.2, 0.25) is 0 Å². The number of hydrogen-bond donors (Lipinski definition) is 1.